The molecule has 1 aromatic heterocycles. The smallest absolute Gasteiger partial charge is 0.127 e. The summed E-state index contributed by atoms with van der Waals surface area (Å²) in [6, 6.07) is 23.3. The van der Waals surface area contributed by atoms with Crippen molar-refractivity contribution in [3.8, 4) is 11.5 Å². The highest BCUT2D eigenvalue weighted by Crippen LogP contribution is 2.34. The maximum atomic E-state index is 6.10. The van der Waals surface area contributed by atoms with Gasteiger partial charge in [-0.05, 0) is 54.3 Å². The summed E-state index contributed by atoms with van der Waals surface area (Å²) in [6.07, 6.45) is 3.40. The van der Waals surface area contributed by atoms with Crippen LogP contribution in [-0.4, -0.2) is 22.6 Å². The van der Waals surface area contributed by atoms with Crippen LogP contribution in [0.15, 0.2) is 72.9 Å². The fourth-order valence-corrected chi connectivity index (χ4v) is 4.06. The highest BCUT2D eigenvalue weighted by Gasteiger charge is 2.27. The number of benzene rings is 2. The molecule has 0 bridgehead atoms. The molecule has 2 heterocycles. The van der Waals surface area contributed by atoms with E-state index in [2.05, 4.69) is 59.8 Å². The van der Waals surface area contributed by atoms with Crippen molar-refractivity contribution in [1.82, 2.24) is 9.47 Å². The normalized spacial score (nSPS) is 17.5. The minimum Gasteiger partial charge on any atom is -0.457 e. The van der Waals surface area contributed by atoms with Crippen LogP contribution in [0.25, 0.3) is 0 Å². The Labute approximate surface area is 162 Å². The van der Waals surface area contributed by atoms with E-state index in [-0.39, 0.29) is 6.04 Å². The Bertz CT molecular complexity index is 869. The Morgan fingerprint density at radius 3 is 2.56 bits per heavy atom. The largest absolute Gasteiger partial charge is 0.457 e. The first-order valence-electron chi connectivity index (χ1n) is 9.92. The van der Waals surface area contributed by atoms with Gasteiger partial charge in [-0.2, -0.15) is 0 Å². The predicted molar refractivity (Wildman–Crippen MR) is 110 cm³/mol. The van der Waals surface area contributed by atoms with Gasteiger partial charge in [0.1, 0.15) is 11.5 Å². The van der Waals surface area contributed by atoms with Crippen molar-refractivity contribution in [3.63, 3.8) is 0 Å². The topological polar surface area (TPSA) is 17.4 Å². The highest BCUT2D eigenvalue weighted by molar-refractivity contribution is 5.38. The van der Waals surface area contributed by atoms with Gasteiger partial charge in [-0.1, -0.05) is 44.2 Å². The van der Waals surface area contributed by atoms with E-state index < -0.39 is 0 Å². The molecule has 140 valence electrons. The summed E-state index contributed by atoms with van der Waals surface area (Å²) in [7, 11) is 0. The molecule has 4 rings (SSSR count). The van der Waals surface area contributed by atoms with Crippen LogP contribution < -0.4 is 4.74 Å². The quantitative estimate of drug-likeness (QED) is 0.578. The summed E-state index contributed by atoms with van der Waals surface area (Å²) in [5, 5.41) is 0. The van der Waals surface area contributed by atoms with Crippen LogP contribution in [0.4, 0.5) is 0 Å². The van der Waals surface area contributed by atoms with Crippen molar-refractivity contribution in [2.75, 3.05) is 13.1 Å². The molecule has 3 aromatic rings. The molecule has 0 fully saturated rings. The third-order valence-electron chi connectivity index (χ3n) is 5.11. The van der Waals surface area contributed by atoms with E-state index in [0.29, 0.717) is 5.92 Å². The average molecular weight is 361 g/mol. The number of nitrogens with zero attached hydrogens (tertiary/aromatic N) is 2. The van der Waals surface area contributed by atoms with Crippen LogP contribution >= 0.6 is 0 Å². The predicted octanol–water partition coefficient (Wildman–Crippen LogP) is 5.73. The maximum Gasteiger partial charge on any atom is 0.127 e. The molecule has 0 spiro atoms. The van der Waals surface area contributed by atoms with Gasteiger partial charge in [0, 0.05) is 31.5 Å². The van der Waals surface area contributed by atoms with Gasteiger partial charge in [0.05, 0.1) is 6.04 Å². The number of hydrogen-bond donors (Lipinski definition) is 0. The van der Waals surface area contributed by atoms with Gasteiger partial charge in [0.15, 0.2) is 0 Å². The number of para-hydroxylation sites is 1. The molecular weight excluding hydrogens is 332 g/mol. The fourth-order valence-electron chi connectivity index (χ4n) is 4.06. The average Bonchev–Trinajstić information content (AvgIpc) is 3.04. The van der Waals surface area contributed by atoms with Crippen LogP contribution in [0.5, 0.6) is 11.5 Å². The Morgan fingerprint density at radius 1 is 0.926 bits per heavy atom. The molecule has 3 nitrogen and oxygen atoms in total. The number of aryl methyl sites for hydroxylation is 1. The van der Waals surface area contributed by atoms with Crippen LogP contribution in [0.1, 0.15) is 37.6 Å². The molecule has 0 saturated heterocycles. The van der Waals surface area contributed by atoms with E-state index in [1.807, 2.05) is 36.4 Å². The SMILES string of the molecule is CC(C)CN1CCCn2cccc2[C@H]1c1cccc(Oc2ccccc2)c1. The second kappa shape index (κ2) is 8.01. The third kappa shape index (κ3) is 4.09. The molecule has 0 unspecified atom stereocenters. The van der Waals surface area contributed by atoms with Gasteiger partial charge in [-0.25, -0.2) is 0 Å². The van der Waals surface area contributed by atoms with Crippen LogP contribution in [0.3, 0.4) is 0 Å². The number of ether oxygens (including phenoxy) is 1. The standard InChI is InChI=1S/C24H28N2O/c1-19(2)18-26-16-8-15-25-14-7-13-23(25)24(26)20-9-6-12-22(17-20)27-21-10-4-3-5-11-21/h3-7,9-14,17,19,24H,8,15-16,18H2,1-2H3/t24-/m1/s1. The van der Waals surface area contributed by atoms with Crippen molar-refractivity contribution < 1.29 is 4.74 Å². The maximum absolute atomic E-state index is 6.10. The van der Waals surface area contributed by atoms with Gasteiger partial charge in [0.25, 0.3) is 0 Å². The first-order chi connectivity index (χ1) is 13.2. The lowest BCUT2D eigenvalue weighted by Gasteiger charge is -2.32. The monoisotopic (exact) mass is 360 g/mol. The lowest BCUT2D eigenvalue weighted by Crippen LogP contribution is -2.33. The summed E-state index contributed by atoms with van der Waals surface area (Å²) >= 11 is 0. The van der Waals surface area contributed by atoms with Gasteiger partial charge < -0.3 is 9.30 Å². The van der Waals surface area contributed by atoms with E-state index in [0.717, 1.165) is 31.1 Å². The Kier molecular flexibility index (Phi) is 5.30. The molecule has 0 radical (unpaired) electrons. The van der Waals surface area contributed by atoms with Crippen molar-refractivity contribution in [3.05, 3.63) is 84.2 Å². The summed E-state index contributed by atoms with van der Waals surface area (Å²) in [5.41, 5.74) is 2.68. The summed E-state index contributed by atoms with van der Waals surface area (Å²) in [4.78, 5) is 2.63. The zero-order valence-electron chi connectivity index (χ0n) is 16.2. The molecule has 0 aliphatic carbocycles. The fraction of sp³-hybridized carbons (Fsp3) is 0.333. The number of hydrogen-bond acceptors (Lipinski definition) is 2. The van der Waals surface area contributed by atoms with Gasteiger partial charge in [-0.3, -0.25) is 4.90 Å². The Hall–Kier alpha value is -2.52. The molecule has 0 saturated carbocycles. The van der Waals surface area contributed by atoms with E-state index in [4.69, 9.17) is 4.74 Å². The lowest BCUT2D eigenvalue weighted by molar-refractivity contribution is 0.204. The van der Waals surface area contributed by atoms with Gasteiger partial charge in [-0.15, -0.1) is 0 Å². The molecule has 0 amide bonds. The van der Waals surface area contributed by atoms with Crippen molar-refractivity contribution >= 4 is 0 Å². The van der Waals surface area contributed by atoms with Crippen LogP contribution in [0.2, 0.25) is 0 Å². The first kappa shape index (κ1) is 17.9. The third-order valence-corrected chi connectivity index (χ3v) is 5.11. The van der Waals surface area contributed by atoms with Crippen molar-refractivity contribution in [2.24, 2.45) is 5.92 Å². The first-order valence-corrected chi connectivity index (χ1v) is 9.92. The second-order valence-corrected chi connectivity index (χ2v) is 7.76. The van der Waals surface area contributed by atoms with E-state index in [1.54, 1.807) is 0 Å². The molecule has 1 aliphatic heterocycles. The Balaban J connectivity index is 1.69. The number of fused-ring (bicyclic) bond motifs is 1. The molecule has 1 aliphatic rings. The second-order valence-electron chi connectivity index (χ2n) is 7.76. The lowest BCUT2D eigenvalue weighted by atomic mass is 10.0. The zero-order chi connectivity index (χ0) is 18.6. The summed E-state index contributed by atoms with van der Waals surface area (Å²) < 4.78 is 8.51. The van der Waals surface area contributed by atoms with Crippen molar-refractivity contribution in [2.45, 2.75) is 32.9 Å². The highest BCUT2D eigenvalue weighted by atomic mass is 16.5. The minimum atomic E-state index is 0.268. The zero-order valence-corrected chi connectivity index (χ0v) is 16.2. The number of aromatic nitrogens is 1. The molecular formula is C24H28N2O. The minimum absolute atomic E-state index is 0.268. The van der Waals surface area contributed by atoms with E-state index in [9.17, 15) is 0 Å². The van der Waals surface area contributed by atoms with Gasteiger partial charge in [0.2, 0.25) is 0 Å². The molecule has 0 N–H and O–H groups in total. The van der Waals surface area contributed by atoms with E-state index in [1.165, 1.54) is 17.7 Å². The van der Waals surface area contributed by atoms with Gasteiger partial charge >= 0.3 is 0 Å². The Morgan fingerprint density at radius 2 is 1.74 bits per heavy atom. The summed E-state index contributed by atoms with van der Waals surface area (Å²) in [6.45, 7) is 7.91. The summed E-state index contributed by atoms with van der Waals surface area (Å²) in [5.74, 6) is 2.40. The molecule has 2 aromatic carbocycles. The van der Waals surface area contributed by atoms with E-state index >= 15 is 0 Å². The van der Waals surface area contributed by atoms with Crippen molar-refractivity contribution in [1.29, 1.82) is 0 Å². The van der Waals surface area contributed by atoms with Crippen LogP contribution in [-0.2, 0) is 6.54 Å². The number of rotatable bonds is 5. The molecule has 1 atom stereocenters. The molecule has 27 heavy (non-hydrogen) atoms. The molecule has 3 heteroatoms. The van der Waals surface area contributed by atoms with Crippen LogP contribution in [0, 0.1) is 5.92 Å².